The number of hydrogen-bond donors (Lipinski definition) is 2. The normalized spacial score (nSPS) is 19.2. The maximum absolute atomic E-state index is 12.9. The largest absolute Gasteiger partial charge is 0.465 e. The number of hydrazine groups is 1. The molecule has 2 aromatic rings. The Hall–Kier alpha value is -2.26. The van der Waals surface area contributed by atoms with Crippen LogP contribution in [0.25, 0.3) is 0 Å². The SMILES string of the molecule is COC(=O)c1ccc(S(=O)(=O)N(C)CCCC2CC(c3ccccc3)NN2)c(C)c1. The van der Waals surface area contributed by atoms with Crippen LogP contribution >= 0.6 is 0 Å². The van der Waals surface area contributed by atoms with E-state index in [2.05, 4.69) is 23.0 Å². The standard InChI is InChI=1S/C22H29N3O4S/c1-16-14-18(22(26)29-3)11-12-21(16)30(27,28)25(2)13-7-10-19-15-20(24-23-19)17-8-5-4-6-9-17/h4-6,8-9,11-12,14,19-20,23-24H,7,10,13,15H2,1-3H3. The number of methoxy groups -OCH3 is 1. The number of sulfonamides is 1. The maximum atomic E-state index is 12.9. The van der Waals surface area contributed by atoms with E-state index < -0.39 is 16.0 Å². The third-order valence-corrected chi connectivity index (χ3v) is 7.51. The van der Waals surface area contributed by atoms with Crippen molar-refractivity contribution in [3.63, 3.8) is 0 Å². The summed E-state index contributed by atoms with van der Waals surface area (Å²) in [6.45, 7) is 2.11. The van der Waals surface area contributed by atoms with Gasteiger partial charge in [-0.15, -0.1) is 0 Å². The Morgan fingerprint density at radius 1 is 1.17 bits per heavy atom. The van der Waals surface area contributed by atoms with E-state index in [0.717, 1.165) is 19.3 Å². The Bertz CT molecular complexity index is 979. The highest BCUT2D eigenvalue weighted by Crippen LogP contribution is 2.25. The number of rotatable bonds is 8. The van der Waals surface area contributed by atoms with Gasteiger partial charge in [-0.05, 0) is 55.5 Å². The minimum Gasteiger partial charge on any atom is -0.465 e. The van der Waals surface area contributed by atoms with Crippen LogP contribution in [0.2, 0.25) is 0 Å². The first-order chi connectivity index (χ1) is 14.3. The van der Waals surface area contributed by atoms with Crippen LogP contribution in [0.4, 0.5) is 0 Å². The summed E-state index contributed by atoms with van der Waals surface area (Å²) in [6, 6.07) is 15.4. The molecule has 162 valence electrons. The van der Waals surface area contributed by atoms with Gasteiger partial charge in [-0.3, -0.25) is 10.9 Å². The van der Waals surface area contributed by atoms with E-state index in [4.69, 9.17) is 4.74 Å². The van der Waals surface area contributed by atoms with Crippen LogP contribution in [-0.2, 0) is 14.8 Å². The molecule has 0 saturated carbocycles. The Labute approximate surface area is 178 Å². The summed E-state index contributed by atoms with van der Waals surface area (Å²) in [4.78, 5) is 11.9. The van der Waals surface area contributed by atoms with Gasteiger partial charge in [0.1, 0.15) is 0 Å². The molecule has 30 heavy (non-hydrogen) atoms. The first-order valence-corrected chi connectivity index (χ1v) is 11.5. The predicted molar refractivity (Wildman–Crippen MR) is 115 cm³/mol. The van der Waals surface area contributed by atoms with Gasteiger partial charge in [0.05, 0.1) is 17.6 Å². The lowest BCUT2D eigenvalue weighted by Crippen LogP contribution is -2.32. The van der Waals surface area contributed by atoms with E-state index in [-0.39, 0.29) is 10.9 Å². The topological polar surface area (TPSA) is 87.7 Å². The lowest BCUT2D eigenvalue weighted by atomic mass is 10.00. The van der Waals surface area contributed by atoms with E-state index in [1.807, 2.05) is 18.2 Å². The summed E-state index contributed by atoms with van der Waals surface area (Å²) in [5, 5.41) is 0. The Balaban J connectivity index is 1.54. The number of carbonyl (C=O) groups excluding carboxylic acids is 1. The van der Waals surface area contributed by atoms with Crippen molar-refractivity contribution in [2.75, 3.05) is 20.7 Å². The Morgan fingerprint density at radius 2 is 1.90 bits per heavy atom. The third kappa shape index (κ3) is 5.07. The molecule has 7 nitrogen and oxygen atoms in total. The van der Waals surface area contributed by atoms with Crippen LogP contribution in [0, 0.1) is 6.92 Å². The second kappa shape index (κ2) is 9.70. The summed E-state index contributed by atoms with van der Waals surface area (Å²) in [5.41, 5.74) is 8.75. The van der Waals surface area contributed by atoms with Gasteiger partial charge in [0, 0.05) is 25.7 Å². The monoisotopic (exact) mass is 431 g/mol. The molecule has 2 atom stereocenters. The van der Waals surface area contributed by atoms with Crippen molar-refractivity contribution in [2.24, 2.45) is 0 Å². The molecule has 0 amide bonds. The quantitative estimate of drug-likeness (QED) is 0.625. The molecular formula is C22H29N3O4S. The highest BCUT2D eigenvalue weighted by molar-refractivity contribution is 7.89. The van der Waals surface area contributed by atoms with Gasteiger partial charge >= 0.3 is 5.97 Å². The van der Waals surface area contributed by atoms with E-state index in [9.17, 15) is 13.2 Å². The lowest BCUT2D eigenvalue weighted by Gasteiger charge is -2.19. The molecule has 0 radical (unpaired) electrons. The van der Waals surface area contributed by atoms with Crippen molar-refractivity contribution < 1.29 is 17.9 Å². The number of benzene rings is 2. The average molecular weight is 432 g/mol. The fourth-order valence-corrected chi connectivity index (χ4v) is 5.16. The highest BCUT2D eigenvalue weighted by Gasteiger charge is 2.26. The van der Waals surface area contributed by atoms with E-state index >= 15 is 0 Å². The molecule has 0 aliphatic carbocycles. The molecule has 1 saturated heterocycles. The molecule has 1 fully saturated rings. The van der Waals surface area contributed by atoms with Gasteiger partial charge in [0.15, 0.2) is 0 Å². The molecule has 3 rings (SSSR count). The van der Waals surface area contributed by atoms with Crippen molar-refractivity contribution in [3.8, 4) is 0 Å². The minimum atomic E-state index is -3.62. The number of hydrogen-bond acceptors (Lipinski definition) is 6. The van der Waals surface area contributed by atoms with Crippen LogP contribution in [-0.4, -0.2) is 45.4 Å². The smallest absolute Gasteiger partial charge is 0.337 e. The van der Waals surface area contributed by atoms with Gasteiger partial charge in [-0.1, -0.05) is 30.3 Å². The number of aryl methyl sites for hydroxylation is 1. The van der Waals surface area contributed by atoms with Gasteiger partial charge in [0.25, 0.3) is 0 Å². The molecular weight excluding hydrogens is 402 g/mol. The Kier molecular flexibility index (Phi) is 7.25. The van der Waals surface area contributed by atoms with Crippen molar-refractivity contribution >= 4 is 16.0 Å². The minimum absolute atomic E-state index is 0.211. The summed E-state index contributed by atoms with van der Waals surface area (Å²) in [7, 11) is -0.731. The van der Waals surface area contributed by atoms with Crippen molar-refractivity contribution in [1.82, 2.24) is 15.2 Å². The van der Waals surface area contributed by atoms with Crippen LogP contribution in [0.3, 0.4) is 0 Å². The van der Waals surface area contributed by atoms with Gasteiger partial charge in [-0.25, -0.2) is 17.5 Å². The molecule has 2 aromatic carbocycles. The zero-order chi connectivity index (χ0) is 21.7. The number of carbonyl (C=O) groups is 1. The molecule has 0 spiro atoms. The van der Waals surface area contributed by atoms with Crippen LogP contribution in [0.5, 0.6) is 0 Å². The summed E-state index contributed by atoms with van der Waals surface area (Å²) in [5.74, 6) is -0.484. The zero-order valence-corrected chi connectivity index (χ0v) is 18.4. The fraction of sp³-hybridized carbons (Fsp3) is 0.409. The first kappa shape index (κ1) is 22.4. The van der Waals surface area contributed by atoms with E-state index in [1.165, 1.54) is 29.1 Å². The van der Waals surface area contributed by atoms with Gasteiger partial charge in [0.2, 0.25) is 10.0 Å². The lowest BCUT2D eigenvalue weighted by molar-refractivity contribution is 0.0600. The summed E-state index contributed by atoms with van der Waals surface area (Å²) >= 11 is 0. The van der Waals surface area contributed by atoms with Crippen LogP contribution < -0.4 is 10.9 Å². The highest BCUT2D eigenvalue weighted by atomic mass is 32.2. The molecule has 1 heterocycles. The maximum Gasteiger partial charge on any atom is 0.337 e. The zero-order valence-electron chi connectivity index (χ0n) is 17.6. The third-order valence-electron chi connectivity index (χ3n) is 5.49. The number of nitrogens with zero attached hydrogens (tertiary/aromatic N) is 1. The summed E-state index contributed by atoms with van der Waals surface area (Å²) in [6.07, 6.45) is 2.58. The van der Waals surface area contributed by atoms with Crippen molar-refractivity contribution in [2.45, 2.75) is 43.2 Å². The number of esters is 1. The molecule has 0 aromatic heterocycles. The van der Waals surface area contributed by atoms with Crippen molar-refractivity contribution in [3.05, 3.63) is 65.2 Å². The average Bonchev–Trinajstić information content (AvgIpc) is 3.22. The van der Waals surface area contributed by atoms with Gasteiger partial charge in [-0.2, -0.15) is 0 Å². The van der Waals surface area contributed by atoms with Crippen LogP contribution in [0.1, 0.15) is 46.8 Å². The molecule has 1 aliphatic heterocycles. The van der Waals surface area contributed by atoms with E-state index in [0.29, 0.717) is 23.7 Å². The van der Waals surface area contributed by atoms with E-state index in [1.54, 1.807) is 20.0 Å². The second-order valence-electron chi connectivity index (χ2n) is 7.63. The molecule has 0 bridgehead atoms. The van der Waals surface area contributed by atoms with Crippen molar-refractivity contribution in [1.29, 1.82) is 0 Å². The molecule has 2 unspecified atom stereocenters. The van der Waals surface area contributed by atoms with Gasteiger partial charge < -0.3 is 4.74 Å². The molecule has 8 heteroatoms. The first-order valence-electron chi connectivity index (χ1n) is 10.0. The Morgan fingerprint density at radius 3 is 2.57 bits per heavy atom. The number of ether oxygens (including phenoxy) is 1. The predicted octanol–water partition coefficient (Wildman–Crippen LogP) is 2.79. The van der Waals surface area contributed by atoms with Crippen LogP contribution in [0.15, 0.2) is 53.4 Å². The molecule has 1 aliphatic rings. The fourth-order valence-electron chi connectivity index (χ4n) is 3.75. The molecule has 2 N–H and O–H groups in total. The second-order valence-corrected chi connectivity index (χ2v) is 9.64. The summed E-state index contributed by atoms with van der Waals surface area (Å²) < 4.78 is 32.0. The number of nitrogens with one attached hydrogen (secondary N) is 2.